The van der Waals surface area contributed by atoms with Crippen molar-refractivity contribution in [3.8, 4) is 0 Å². The Morgan fingerprint density at radius 3 is 2.32 bits per heavy atom. The Balaban J connectivity index is 2.43. The fourth-order valence-electron chi connectivity index (χ4n) is 3.84. The summed E-state index contributed by atoms with van der Waals surface area (Å²) in [7, 11) is -1.67. The van der Waals surface area contributed by atoms with Gasteiger partial charge in [0.15, 0.2) is 8.32 Å². The van der Waals surface area contributed by atoms with Crippen LogP contribution >= 0.6 is 0 Å². The molecule has 4 heteroatoms. The minimum Gasteiger partial charge on any atom is -0.481 e. The van der Waals surface area contributed by atoms with Crippen LogP contribution in [0.25, 0.3) is 0 Å². The molecule has 1 N–H and O–H groups in total. The van der Waals surface area contributed by atoms with E-state index in [-0.39, 0.29) is 5.92 Å². The fraction of sp³-hybridized carbons (Fsp3) is 0.944. The van der Waals surface area contributed by atoms with Crippen LogP contribution in [0.15, 0.2) is 0 Å². The van der Waals surface area contributed by atoms with Gasteiger partial charge in [0.25, 0.3) is 0 Å². The standard InChI is InChI=1S/C18H36O3Si/c1-5-6-7-8-9-10-11-13-16(17(19)20)18(2)14-12-15-22(3,4)21-18/h16H,5-15H2,1-4H3,(H,19,20). The van der Waals surface area contributed by atoms with Gasteiger partial charge in [0, 0.05) is 0 Å². The van der Waals surface area contributed by atoms with E-state index in [1.165, 1.54) is 32.1 Å². The summed E-state index contributed by atoms with van der Waals surface area (Å²) in [6.45, 7) is 8.71. The molecule has 0 aromatic heterocycles. The van der Waals surface area contributed by atoms with Crippen LogP contribution in [0.2, 0.25) is 19.1 Å². The lowest BCUT2D eigenvalue weighted by molar-refractivity contribution is -0.151. The lowest BCUT2D eigenvalue weighted by Crippen LogP contribution is -2.52. The zero-order chi connectivity index (χ0) is 16.6. The molecule has 1 heterocycles. The van der Waals surface area contributed by atoms with Gasteiger partial charge >= 0.3 is 5.97 Å². The lowest BCUT2D eigenvalue weighted by Gasteiger charge is -2.45. The monoisotopic (exact) mass is 328 g/mol. The third kappa shape index (κ3) is 6.41. The van der Waals surface area contributed by atoms with Crippen LogP contribution in [-0.2, 0) is 9.22 Å². The van der Waals surface area contributed by atoms with Crippen molar-refractivity contribution in [3.63, 3.8) is 0 Å². The number of carbonyl (C=O) groups is 1. The number of carboxylic acid groups (broad SMARTS) is 1. The third-order valence-electron chi connectivity index (χ3n) is 5.09. The molecule has 3 nitrogen and oxygen atoms in total. The van der Waals surface area contributed by atoms with Crippen molar-refractivity contribution in [2.24, 2.45) is 5.92 Å². The molecule has 0 aliphatic carbocycles. The van der Waals surface area contributed by atoms with E-state index in [4.69, 9.17) is 4.43 Å². The van der Waals surface area contributed by atoms with Crippen molar-refractivity contribution in [2.45, 2.75) is 103 Å². The fourth-order valence-corrected chi connectivity index (χ4v) is 6.48. The van der Waals surface area contributed by atoms with Crippen LogP contribution in [0.5, 0.6) is 0 Å². The first-order valence-corrected chi connectivity index (χ1v) is 12.4. The SMILES string of the molecule is CCCCCCCCCC(C(=O)O)C1(C)CCC[Si](C)(C)O1. The van der Waals surface area contributed by atoms with Crippen molar-refractivity contribution in [1.29, 1.82) is 0 Å². The summed E-state index contributed by atoms with van der Waals surface area (Å²) < 4.78 is 6.35. The van der Waals surface area contributed by atoms with Gasteiger partial charge in [-0.15, -0.1) is 0 Å². The van der Waals surface area contributed by atoms with Gasteiger partial charge in [-0.2, -0.15) is 0 Å². The number of carboxylic acids is 1. The molecule has 0 bridgehead atoms. The molecule has 2 unspecified atom stereocenters. The van der Waals surface area contributed by atoms with E-state index in [2.05, 4.69) is 20.0 Å². The highest BCUT2D eigenvalue weighted by Crippen LogP contribution is 2.40. The highest BCUT2D eigenvalue weighted by atomic mass is 28.4. The number of rotatable bonds is 10. The number of aliphatic carboxylic acids is 1. The summed E-state index contributed by atoms with van der Waals surface area (Å²) in [5, 5.41) is 9.67. The predicted octanol–water partition coefficient (Wildman–Crippen LogP) is 5.60. The van der Waals surface area contributed by atoms with Gasteiger partial charge in [-0.05, 0) is 38.9 Å². The molecule has 1 saturated heterocycles. The van der Waals surface area contributed by atoms with Crippen LogP contribution in [0.4, 0.5) is 0 Å². The molecule has 0 amide bonds. The highest BCUT2D eigenvalue weighted by molar-refractivity contribution is 6.71. The van der Waals surface area contributed by atoms with Crippen molar-refractivity contribution < 1.29 is 14.3 Å². The van der Waals surface area contributed by atoms with E-state index in [1.54, 1.807) is 0 Å². The van der Waals surface area contributed by atoms with Crippen molar-refractivity contribution in [1.82, 2.24) is 0 Å². The molecule has 1 fully saturated rings. The average molecular weight is 329 g/mol. The minimum atomic E-state index is -1.67. The maximum Gasteiger partial charge on any atom is 0.309 e. The third-order valence-corrected chi connectivity index (χ3v) is 7.67. The first-order valence-electron chi connectivity index (χ1n) is 9.24. The van der Waals surface area contributed by atoms with Crippen LogP contribution in [0.1, 0.15) is 78.1 Å². The van der Waals surface area contributed by atoms with Crippen molar-refractivity contribution in [2.75, 3.05) is 0 Å². The summed E-state index contributed by atoms with van der Waals surface area (Å²) in [6, 6.07) is 1.16. The summed E-state index contributed by atoms with van der Waals surface area (Å²) in [5.74, 6) is -1.00. The molecular weight excluding hydrogens is 292 g/mol. The Labute approximate surface area is 138 Å². The van der Waals surface area contributed by atoms with Crippen molar-refractivity contribution in [3.05, 3.63) is 0 Å². The minimum absolute atomic E-state index is 0.338. The van der Waals surface area contributed by atoms with Gasteiger partial charge in [0.1, 0.15) is 0 Å². The molecule has 1 aliphatic heterocycles. The molecular formula is C18H36O3Si. The van der Waals surface area contributed by atoms with Crippen LogP contribution < -0.4 is 0 Å². The number of hydrogen-bond donors (Lipinski definition) is 1. The van der Waals surface area contributed by atoms with E-state index in [1.807, 2.05) is 6.92 Å². The molecule has 0 aromatic carbocycles. The smallest absolute Gasteiger partial charge is 0.309 e. The Morgan fingerprint density at radius 1 is 1.18 bits per heavy atom. The number of hydrogen-bond acceptors (Lipinski definition) is 2. The molecule has 22 heavy (non-hydrogen) atoms. The van der Waals surface area contributed by atoms with Crippen molar-refractivity contribution >= 4 is 14.3 Å². The van der Waals surface area contributed by atoms with Crippen LogP contribution in [-0.4, -0.2) is 25.0 Å². The van der Waals surface area contributed by atoms with E-state index < -0.39 is 19.9 Å². The summed E-state index contributed by atoms with van der Waals surface area (Å²) in [5.41, 5.74) is -0.442. The molecule has 1 rings (SSSR count). The normalized spacial score (nSPS) is 25.8. The Kier molecular flexibility index (Phi) is 8.12. The van der Waals surface area contributed by atoms with Gasteiger partial charge in [0.05, 0.1) is 11.5 Å². The van der Waals surface area contributed by atoms with Crippen LogP contribution in [0, 0.1) is 5.92 Å². The molecule has 0 spiro atoms. The molecule has 130 valence electrons. The maximum absolute atomic E-state index is 11.8. The van der Waals surface area contributed by atoms with Gasteiger partial charge < -0.3 is 9.53 Å². The Hall–Kier alpha value is -0.353. The van der Waals surface area contributed by atoms with Gasteiger partial charge in [-0.25, -0.2) is 0 Å². The van der Waals surface area contributed by atoms with E-state index in [0.717, 1.165) is 38.1 Å². The zero-order valence-corrected chi connectivity index (χ0v) is 16.1. The summed E-state index contributed by atoms with van der Waals surface area (Å²) >= 11 is 0. The average Bonchev–Trinajstić information content (AvgIpc) is 2.39. The van der Waals surface area contributed by atoms with Gasteiger partial charge in [-0.3, -0.25) is 4.79 Å². The molecule has 0 aromatic rings. The lowest BCUT2D eigenvalue weighted by atomic mass is 9.81. The first-order chi connectivity index (χ1) is 10.3. The Morgan fingerprint density at radius 2 is 1.77 bits per heavy atom. The second-order valence-corrected chi connectivity index (χ2v) is 12.1. The quantitative estimate of drug-likeness (QED) is 0.419. The van der Waals surface area contributed by atoms with Crippen LogP contribution in [0.3, 0.4) is 0 Å². The van der Waals surface area contributed by atoms with Gasteiger partial charge in [-0.1, -0.05) is 58.3 Å². The van der Waals surface area contributed by atoms with Gasteiger partial charge in [0.2, 0.25) is 0 Å². The largest absolute Gasteiger partial charge is 0.481 e. The van der Waals surface area contributed by atoms with E-state index in [0.29, 0.717) is 0 Å². The summed E-state index contributed by atoms with van der Waals surface area (Å²) in [4.78, 5) is 11.8. The second-order valence-electron chi connectivity index (χ2n) is 7.83. The van der Waals surface area contributed by atoms with E-state index >= 15 is 0 Å². The first kappa shape index (κ1) is 19.7. The number of unbranched alkanes of at least 4 members (excludes halogenated alkanes) is 6. The zero-order valence-electron chi connectivity index (χ0n) is 15.1. The molecule has 0 saturated carbocycles. The molecule has 0 radical (unpaired) electrons. The second kappa shape index (κ2) is 9.07. The highest BCUT2D eigenvalue weighted by Gasteiger charge is 2.46. The molecule has 2 atom stereocenters. The van der Waals surface area contributed by atoms with E-state index in [9.17, 15) is 9.90 Å². The summed E-state index contributed by atoms with van der Waals surface area (Å²) in [6.07, 6.45) is 11.4. The topological polar surface area (TPSA) is 46.5 Å². The predicted molar refractivity (Wildman–Crippen MR) is 94.7 cm³/mol. The Bertz CT molecular complexity index is 343. The molecule has 1 aliphatic rings. The maximum atomic E-state index is 11.8.